The summed E-state index contributed by atoms with van der Waals surface area (Å²) in [5.41, 5.74) is 2.20. The summed E-state index contributed by atoms with van der Waals surface area (Å²) >= 11 is 1.30. The predicted octanol–water partition coefficient (Wildman–Crippen LogP) is 5.30. The molecule has 3 aromatic carbocycles. The van der Waals surface area contributed by atoms with E-state index in [0.29, 0.717) is 22.3 Å². The monoisotopic (exact) mass is 443 g/mol. The number of carbonyl (C=O) groups is 2. The van der Waals surface area contributed by atoms with Crippen LogP contribution in [0.5, 0.6) is 11.5 Å². The molecule has 1 heterocycles. The van der Waals surface area contributed by atoms with Crippen LogP contribution in [0.1, 0.15) is 11.3 Å². The summed E-state index contributed by atoms with van der Waals surface area (Å²) < 4.78 is 5.75. The summed E-state index contributed by atoms with van der Waals surface area (Å²) in [5.74, 6) is 1.11. The molecule has 2 amide bonds. The fourth-order valence-electron chi connectivity index (χ4n) is 2.99. The molecule has 0 saturated heterocycles. The van der Waals surface area contributed by atoms with Crippen LogP contribution in [-0.2, 0) is 22.4 Å². The number of hydrogen-bond acceptors (Lipinski definition) is 5. The van der Waals surface area contributed by atoms with Crippen LogP contribution in [0.4, 0.5) is 10.8 Å². The minimum absolute atomic E-state index is 0.118. The molecule has 2 N–H and O–H groups in total. The molecular formula is C25H21N3O3S. The molecule has 7 heteroatoms. The lowest BCUT2D eigenvalue weighted by Crippen LogP contribution is -2.15. The molecule has 0 radical (unpaired) electrons. The van der Waals surface area contributed by atoms with E-state index in [-0.39, 0.29) is 24.7 Å². The van der Waals surface area contributed by atoms with Gasteiger partial charge in [0.25, 0.3) is 0 Å². The molecule has 32 heavy (non-hydrogen) atoms. The highest BCUT2D eigenvalue weighted by Crippen LogP contribution is 2.23. The first-order chi connectivity index (χ1) is 15.6. The van der Waals surface area contributed by atoms with Gasteiger partial charge in [0.1, 0.15) is 11.5 Å². The van der Waals surface area contributed by atoms with Gasteiger partial charge in [-0.2, -0.15) is 0 Å². The van der Waals surface area contributed by atoms with Crippen molar-refractivity contribution in [1.29, 1.82) is 0 Å². The topological polar surface area (TPSA) is 80.3 Å². The average molecular weight is 444 g/mol. The first kappa shape index (κ1) is 21.3. The molecule has 4 rings (SSSR count). The van der Waals surface area contributed by atoms with Crippen molar-refractivity contribution in [3.8, 4) is 11.5 Å². The molecule has 1 aromatic heterocycles. The number of rotatable bonds is 8. The van der Waals surface area contributed by atoms with Gasteiger partial charge in [0.15, 0.2) is 5.13 Å². The number of amides is 2. The Hall–Kier alpha value is -3.97. The van der Waals surface area contributed by atoms with Crippen LogP contribution < -0.4 is 15.4 Å². The molecule has 0 atom stereocenters. The van der Waals surface area contributed by atoms with Crippen molar-refractivity contribution < 1.29 is 14.3 Å². The molecule has 0 saturated carbocycles. The highest BCUT2D eigenvalue weighted by Gasteiger charge is 2.11. The van der Waals surface area contributed by atoms with E-state index in [9.17, 15) is 9.59 Å². The van der Waals surface area contributed by atoms with Gasteiger partial charge in [0, 0.05) is 11.1 Å². The van der Waals surface area contributed by atoms with Crippen molar-refractivity contribution in [2.24, 2.45) is 0 Å². The van der Waals surface area contributed by atoms with Crippen LogP contribution in [0.25, 0.3) is 0 Å². The van der Waals surface area contributed by atoms with E-state index >= 15 is 0 Å². The molecule has 0 bridgehead atoms. The Bertz CT molecular complexity index is 1180. The highest BCUT2D eigenvalue weighted by molar-refractivity contribution is 7.13. The summed E-state index contributed by atoms with van der Waals surface area (Å²) in [4.78, 5) is 28.9. The van der Waals surface area contributed by atoms with Crippen LogP contribution in [0, 0.1) is 0 Å². The third kappa shape index (κ3) is 6.26. The fourth-order valence-corrected chi connectivity index (χ4v) is 3.72. The van der Waals surface area contributed by atoms with Gasteiger partial charge >= 0.3 is 0 Å². The van der Waals surface area contributed by atoms with E-state index in [1.165, 1.54) is 11.3 Å². The molecule has 6 nitrogen and oxygen atoms in total. The molecule has 4 aromatic rings. The van der Waals surface area contributed by atoms with Gasteiger partial charge in [-0.05, 0) is 42.0 Å². The molecule has 0 unspecified atom stereocenters. The van der Waals surface area contributed by atoms with Gasteiger partial charge in [-0.1, -0.05) is 48.5 Å². The SMILES string of the molecule is O=C(Cc1csc(NC(=O)Cc2ccccc2)n1)Nc1ccc(Oc2ccccc2)cc1. The van der Waals surface area contributed by atoms with Gasteiger partial charge in [0.05, 0.1) is 18.5 Å². The van der Waals surface area contributed by atoms with E-state index < -0.39 is 0 Å². The number of benzene rings is 3. The largest absolute Gasteiger partial charge is 0.457 e. The Morgan fingerprint density at radius 3 is 2.09 bits per heavy atom. The van der Waals surface area contributed by atoms with Gasteiger partial charge in [0.2, 0.25) is 11.8 Å². The van der Waals surface area contributed by atoms with Crippen molar-refractivity contribution >= 4 is 34.0 Å². The van der Waals surface area contributed by atoms with Crippen LogP contribution in [0.15, 0.2) is 90.3 Å². The van der Waals surface area contributed by atoms with Gasteiger partial charge < -0.3 is 15.4 Å². The molecular weight excluding hydrogens is 422 g/mol. The third-order valence-electron chi connectivity index (χ3n) is 4.46. The zero-order valence-corrected chi connectivity index (χ0v) is 18.0. The normalized spacial score (nSPS) is 10.4. The fraction of sp³-hybridized carbons (Fsp3) is 0.0800. The average Bonchev–Trinajstić information content (AvgIpc) is 3.22. The second-order valence-corrected chi connectivity index (χ2v) is 7.88. The summed E-state index contributed by atoms with van der Waals surface area (Å²) in [6, 6.07) is 26.2. The number of para-hydroxylation sites is 1. The maximum Gasteiger partial charge on any atom is 0.230 e. The standard InChI is InChI=1S/C25H21N3O3S/c29-23(15-18-7-3-1-4-8-18)28-25-27-20(17-32-25)16-24(30)26-19-11-13-22(14-12-19)31-21-9-5-2-6-10-21/h1-14,17H,15-16H2,(H,26,30)(H,27,28,29). The zero-order chi connectivity index (χ0) is 22.2. The second kappa shape index (κ2) is 10.4. The van der Waals surface area contributed by atoms with Gasteiger partial charge in [-0.25, -0.2) is 4.98 Å². The number of hydrogen-bond donors (Lipinski definition) is 2. The van der Waals surface area contributed by atoms with Crippen LogP contribution in [0.3, 0.4) is 0 Å². The van der Waals surface area contributed by atoms with Gasteiger partial charge in [-0.15, -0.1) is 11.3 Å². The lowest BCUT2D eigenvalue weighted by molar-refractivity contribution is -0.116. The summed E-state index contributed by atoms with van der Waals surface area (Å²) in [5, 5.41) is 7.88. The van der Waals surface area contributed by atoms with E-state index in [1.54, 1.807) is 29.6 Å². The third-order valence-corrected chi connectivity index (χ3v) is 5.27. The van der Waals surface area contributed by atoms with Crippen molar-refractivity contribution in [2.75, 3.05) is 10.6 Å². The first-order valence-electron chi connectivity index (χ1n) is 10.0. The Morgan fingerprint density at radius 2 is 1.38 bits per heavy atom. The molecule has 160 valence electrons. The number of thiazole rings is 1. The minimum atomic E-state index is -0.186. The van der Waals surface area contributed by atoms with Crippen molar-refractivity contribution in [3.63, 3.8) is 0 Å². The maximum atomic E-state index is 12.4. The smallest absolute Gasteiger partial charge is 0.230 e. The number of aromatic nitrogens is 1. The lowest BCUT2D eigenvalue weighted by atomic mass is 10.1. The van der Waals surface area contributed by atoms with Crippen LogP contribution >= 0.6 is 11.3 Å². The van der Waals surface area contributed by atoms with E-state index in [1.807, 2.05) is 60.7 Å². The van der Waals surface area contributed by atoms with Crippen molar-refractivity contribution in [1.82, 2.24) is 4.98 Å². The number of nitrogens with zero attached hydrogens (tertiary/aromatic N) is 1. The van der Waals surface area contributed by atoms with Gasteiger partial charge in [-0.3, -0.25) is 9.59 Å². The Labute approximate surface area is 189 Å². The van der Waals surface area contributed by atoms with E-state index in [4.69, 9.17) is 4.74 Å². The first-order valence-corrected chi connectivity index (χ1v) is 10.9. The second-order valence-electron chi connectivity index (χ2n) is 7.02. The van der Waals surface area contributed by atoms with Crippen LogP contribution in [0.2, 0.25) is 0 Å². The van der Waals surface area contributed by atoms with Crippen molar-refractivity contribution in [3.05, 3.63) is 102 Å². The maximum absolute atomic E-state index is 12.4. The number of carbonyl (C=O) groups excluding carboxylic acids is 2. The summed E-state index contributed by atoms with van der Waals surface area (Å²) in [7, 11) is 0. The highest BCUT2D eigenvalue weighted by atomic mass is 32.1. The molecule has 0 aliphatic rings. The van der Waals surface area contributed by atoms with Crippen LogP contribution in [-0.4, -0.2) is 16.8 Å². The van der Waals surface area contributed by atoms with Crippen molar-refractivity contribution in [2.45, 2.75) is 12.8 Å². The number of ether oxygens (including phenoxy) is 1. The predicted molar refractivity (Wildman–Crippen MR) is 126 cm³/mol. The Kier molecular flexibility index (Phi) is 6.89. The van der Waals surface area contributed by atoms with E-state index in [2.05, 4.69) is 15.6 Å². The molecule has 0 aliphatic heterocycles. The Morgan fingerprint density at radius 1 is 0.750 bits per heavy atom. The summed E-state index contributed by atoms with van der Waals surface area (Å²) in [6.45, 7) is 0. The minimum Gasteiger partial charge on any atom is -0.457 e. The quantitative estimate of drug-likeness (QED) is 0.387. The number of anilines is 2. The zero-order valence-electron chi connectivity index (χ0n) is 17.2. The molecule has 0 aliphatic carbocycles. The van der Waals surface area contributed by atoms with E-state index in [0.717, 1.165) is 11.3 Å². The molecule has 0 fully saturated rings. The molecule has 0 spiro atoms. The number of nitrogens with one attached hydrogen (secondary N) is 2. The summed E-state index contributed by atoms with van der Waals surface area (Å²) in [6.07, 6.45) is 0.396. The Balaban J connectivity index is 1.26. The lowest BCUT2D eigenvalue weighted by Gasteiger charge is -2.07.